The Morgan fingerprint density at radius 2 is 2.06 bits per heavy atom. The number of methoxy groups -OCH3 is 1. The third kappa shape index (κ3) is 1.75. The molecule has 1 aliphatic rings. The van der Waals surface area contributed by atoms with Crippen molar-refractivity contribution in [1.82, 2.24) is 0 Å². The van der Waals surface area contributed by atoms with E-state index in [0.29, 0.717) is 16.3 Å². The molecule has 0 atom stereocenters. The number of sulfone groups is 1. The molecule has 0 unspecified atom stereocenters. The summed E-state index contributed by atoms with van der Waals surface area (Å²) in [6, 6.07) is 4.62. The molecule has 1 fully saturated rings. The highest BCUT2D eigenvalue weighted by Gasteiger charge is 2.32. The molecule has 0 aliphatic heterocycles. The summed E-state index contributed by atoms with van der Waals surface area (Å²) < 4.78 is 29.2. The van der Waals surface area contributed by atoms with Crippen LogP contribution in [0.4, 0.5) is 5.69 Å². The van der Waals surface area contributed by atoms with Crippen LogP contribution < -0.4 is 10.5 Å². The fourth-order valence-electron chi connectivity index (χ4n) is 1.74. The lowest BCUT2D eigenvalue weighted by Gasteiger charge is -2.25. The van der Waals surface area contributed by atoms with Crippen LogP contribution in [0.3, 0.4) is 0 Å². The van der Waals surface area contributed by atoms with Gasteiger partial charge in [-0.05, 0) is 25.0 Å². The van der Waals surface area contributed by atoms with Gasteiger partial charge in [0, 0.05) is 6.07 Å². The van der Waals surface area contributed by atoms with Crippen molar-refractivity contribution in [3.63, 3.8) is 0 Å². The molecule has 16 heavy (non-hydrogen) atoms. The first-order chi connectivity index (χ1) is 7.55. The predicted octanol–water partition coefficient (Wildman–Crippen LogP) is 1.60. The van der Waals surface area contributed by atoms with E-state index in [1.807, 2.05) is 0 Å². The van der Waals surface area contributed by atoms with Crippen molar-refractivity contribution in [3.8, 4) is 5.75 Å². The first kappa shape index (κ1) is 11.3. The fourth-order valence-corrected chi connectivity index (χ4v) is 3.61. The van der Waals surface area contributed by atoms with E-state index in [4.69, 9.17) is 10.5 Å². The van der Waals surface area contributed by atoms with Crippen LogP contribution >= 0.6 is 0 Å². The topological polar surface area (TPSA) is 69.4 Å². The lowest BCUT2D eigenvalue weighted by atomic mass is 10.00. The number of anilines is 1. The van der Waals surface area contributed by atoms with Crippen LogP contribution in [-0.4, -0.2) is 20.8 Å². The van der Waals surface area contributed by atoms with Crippen LogP contribution in [0.1, 0.15) is 19.3 Å². The molecule has 2 N–H and O–H groups in total. The smallest absolute Gasteiger partial charge is 0.181 e. The summed E-state index contributed by atoms with van der Waals surface area (Å²) in [7, 11) is -1.71. The van der Waals surface area contributed by atoms with Crippen molar-refractivity contribution in [2.75, 3.05) is 12.8 Å². The molecule has 1 saturated carbocycles. The Morgan fingerprint density at radius 3 is 2.56 bits per heavy atom. The molecule has 1 aromatic rings. The van der Waals surface area contributed by atoms with Gasteiger partial charge in [-0.3, -0.25) is 0 Å². The van der Waals surface area contributed by atoms with Gasteiger partial charge < -0.3 is 10.5 Å². The highest BCUT2D eigenvalue weighted by atomic mass is 32.2. The molecule has 0 heterocycles. The molecule has 2 rings (SSSR count). The SMILES string of the molecule is COc1cc(S(=O)(=O)C2CCC2)ccc1N. The number of benzene rings is 1. The van der Waals surface area contributed by atoms with Crippen LogP contribution in [0.25, 0.3) is 0 Å². The Hall–Kier alpha value is -1.23. The van der Waals surface area contributed by atoms with Crippen LogP contribution in [-0.2, 0) is 9.84 Å². The maximum Gasteiger partial charge on any atom is 0.181 e. The lowest BCUT2D eigenvalue weighted by molar-refractivity contribution is 0.415. The Labute approximate surface area is 95.3 Å². The lowest BCUT2D eigenvalue weighted by Crippen LogP contribution is -2.28. The van der Waals surface area contributed by atoms with Gasteiger partial charge in [0.05, 0.1) is 22.9 Å². The first-order valence-electron chi connectivity index (χ1n) is 5.23. The molecule has 0 aromatic heterocycles. The fraction of sp³-hybridized carbons (Fsp3) is 0.455. The van der Waals surface area contributed by atoms with E-state index in [1.54, 1.807) is 12.1 Å². The van der Waals surface area contributed by atoms with Gasteiger partial charge in [-0.25, -0.2) is 8.42 Å². The molecule has 0 bridgehead atoms. The van der Waals surface area contributed by atoms with E-state index in [2.05, 4.69) is 0 Å². The molecular formula is C11H15NO3S. The van der Waals surface area contributed by atoms with Crippen molar-refractivity contribution in [2.24, 2.45) is 0 Å². The summed E-state index contributed by atoms with van der Waals surface area (Å²) in [5, 5.41) is -0.221. The number of ether oxygens (including phenoxy) is 1. The van der Waals surface area contributed by atoms with Crippen LogP contribution in [0.2, 0.25) is 0 Å². The van der Waals surface area contributed by atoms with Gasteiger partial charge in [0.25, 0.3) is 0 Å². The minimum absolute atomic E-state index is 0.221. The van der Waals surface area contributed by atoms with Crippen LogP contribution in [0, 0.1) is 0 Å². The number of hydrogen-bond acceptors (Lipinski definition) is 4. The van der Waals surface area contributed by atoms with Gasteiger partial charge in [0.1, 0.15) is 5.75 Å². The van der Waals surface area contributed by atoms with E-state index in [1.165, 1.54) is 13.2 Å². The van der Waals surface area contributed by atoms with Gasteiger partial charge in [0.15, 0.2) is 9.84 Å². The highest BCUT2D eigenvalue weighted by Crippen LogP contribution is 2.33. The Kier molecular flexibility index (Phi) is 2.80. The molecule has 0 radical (unpaired) electrons. The van der Waals surface area contributed by atoms with Gasteiger partial charge in [-0.2, -0.15) is 0 Å². The molecule has 0 amide bonds. The van der Waals surface area contributed by atoms with Crippen molar-refractivity contribution >= 4 is 15.5 Å². The third-order valence-electron chi connectivity index (χ3n) is 3.02. The standard InChI is InChI=1S/C11H15NO3S/c1-15-11-7-9(5-6-10(11)12)16(13,14)8-3-2-4-8/h5-8H,2-4,12H2,1H3. The summed E-state index contributed by atoms with van der Waals surface area (Å²) in [4.78, 5) is 0.309. The predicted molar refractivity (Wildman–Crippen MR) is 62.2 cm³/mol. The molecule has 1 aliphatic carbocycles. The van der Waals surface area contributed by atoms with E-state index in [9.17, 15) is 8.42 Å². The van der Waals surface area contributed by atoms with Gasteiger partial charge >= 0.3 is 0 Å². The zero-order valence-electron chi connectivity index (χ0n) is 9.14. The van der Waals surface area contributed by atoms with Crippen LogP contribution in [0.15, 0.2) is 23.1 Å². The molecule has 4 nitrogen and oxygen atoms in total. The zero-order valence-corrected chi connectivity index (χ0v) is 9.96. The van der Waals surface area contributed by atoms with E-state index in [0.717, 1.165) is 19.3 Å². The monoisotopic (exact) mass is 241 g/mol. The van der Waals surface area contributed by atoms with E-state index < -0.39 is 9.84 Å². The minimum Gasteiger partial charge on any atom is -0.495 e. The summed E-state index contributed by atoms with van der Waals surface area (Å²) in [5.41, 5.74) is 6.10. The van der Waals surface area contributed by atoms with Crippen molar-refractivity contribution < 1.29 is 13.2 Å². The average molecular weight is 241 g/mol. The molecule has 0 saturated heterocycles. The molecule has 5 heteroatoms. The van der Waals surface area contributed by atoms with E-state index in [-0.39, 0.29) is 5.25 Å². The van der Waals surface area contributed by atoms with Crippen molar-refractivity contribution in [3.05, 3.63) is 18.2 Å². The molecular weight excluding hydrogens is 226 g/mol. The second kappa shape index (κ2) is 3.97. The van der Waals surface area contributed by atoms with Gasteiger partial charge in [-0.1, -0.05) is 6.42 Å². The number of nitrogens with two attached hydrogens (primary N) is 1. The van der Waals surface area contributed by atoms with Gasteiger partial charge in [-0.15, -0.1) is 0 Å². The molecule has 0 spiro atoms. The van der Waals surface area contributed by atoms with Crippen molar-refractivity contribution in [2.45, 2.75) is 29.4 Å². The number of rotatable bonds is 3. The highest BCUT2D eigenvalue weighted by molar-refractivity contribution is 7.92. The normalized spacial score (nSPS) is 16.8. The maximum absolute atomic E-state index is 12.1. The Balaban J connectivity index is 2.40. The summed E-state index contributed by atoms with van der Waals surface area (Å²) in [5.74, 6) is 0.417. The summed E-state index contributed by atoms with van der Waals surface area (Å²) >= 11 is 0. The first-order valence-corrected chi connectivity index (χ1v) is 6.78. The quantitative estimate of drug-likeness (QED) is 0.816. The van der Waals surface area contributed by atoms with E-state index >= 15 is 0 Å². The largest absolute Gasteiger partial charge is 0.495 e. The summed E-state index contributed by atoms with van der Waals surface area (Å²) in [6.07, 6.45) is 2.51. The minimum atomic E-state index is -3.19. The summed E-state index contributed by atoms with van der Waals surface area (Å²) in [6.45, 7) is 0. The van der Waals surface area contributed by atoms with Gasteiger partial charge in [0.2, 0.25) is 0 Å². The Bertz CT molecular complexity index is 492. The number of nitrogen functional groups attached to an aromatic ring is 1. The molecule has 1 aromatic carbocycles. The second-order valence-electron chi connectivity index (χ2n) is 4.00. The Morgan fingerprint density at radius 1 is 1.38 bits per heavy atom. The third-order valence-corrected chi connectivity index (χ3v) is 5.28. The van der Waals surface area contributed by atoms with Crippen LogP contribution in [0.5, 0.6) is 5.75 Å². The molecule has 88 valence electrons. The zero-order chi connectivity index (χ0) is 11.8. The number of hydrogen-bond donors (Lipinski definition) is 1. The average Bonchev–Trinajstić information content (AvgIpc) is 2.14. The maximum atomic E-state index is 12.1. The van der Waals surface area contributed by atoms with Crippen molar-refractivity contribution in [1.29, 1.82) is 0 Å². The second-order valence-corrected chi connectivity index (χ2v) is 6.23.